The molecule has 2 aromatic rings. The molecule has 1 aromatic heterocycles. The largest absolute Gasteiger partial charge is 0.384 e. The molecule has 0 bridgehead atoms. The first-order valence-electron chi connectivity index (χ1n) is 5.30. The van der Waals surface area contributed by atoms with Crippen LogP contribution in [0.3, 0.4) is 0 Å². The quantitative estimate of drug-likeness (QED) is 0.851. The van der Waals surface area contributed by atoms with Gasteiger partial charge in [0.05, 0.1) is 11.6 Å². The summed E-state index contributed by atoms with van der Waals surface area (Å²) < 4.78 is 0. The van der Waals surface area contributed by atoms with Gasteiger partial charge in [0, 0.05) is 18.0 Å². The summed E-state index contributed by atoms with van der Waals surface area (Å²) in [5.74, 6) is 0. The van der Waals surface area contributed by atoms with Gasteiger partial charge < -0.3 is 5.11 Å². The molecule has 0 saturated heterocycles. The lowest BCUT2D eigenvalue weighted by atomic mass is 10.0. The van der Waals surface area contributed by atoms with Crippen LogP contribution >= 0.6 is 0 Å². The van der Waals surface area contributed by atoms with Crippen molar-refractivity contribution < 1.29 is 5.11 Å². The molecule has 1 aromatic carbocycles. The Balaban J connectivity index is 2.30. The summed E-state index contributed by atoms with van der Waals surface area (Å²) in [4.78, 5) is 4.05. The van der Waals surface area contributed by atoms with Crippen LogP contribution in [0.25, 0.3) is 0 Å². The van der Waals surface area contributed by atoms with Gasteiger partial charge in [-0.05, 0) is 30.2 Å². The van der Waals surface area contributed by atoms with E-state index in [0.717, 1.165) is 16.7 Å². The van der Waals surface area contributed by atoms with E-state index in [4.69, 9.17) is 5.26 Å². The van der Waals surface area contributed by atoms with E-state index in [1.54, 1.807) is 36.7 Å². The highest BCUT2D eigenvalue weighted by atomic mass is 16.3. The van der Waals surface area contributed by atoms with Gasteiger partial charge >= 0.3 is 0 Å². The van der Waals surface area contributed by atoms with Crippen LogP contribution in [0.2, 0.25) is 0 Å². The third-order valence-corrected chi connectivity index (χ3v) is 2.57. The van der Waals surface area contributed by atoms with Crippen LogP contribution in [0.15, 0.2) is 42.7 Å². The molecule has 0 aliphatic rings. The van der Waals surface area contributed by atoms with E-state index in [1.807, 2.05) is 19.1 Å². The second-order valence-corrected chi connectivity index (χ2v) is 3.93. The van der Waals surface area contributed by atoms with Crippen LogP contribution in [0.1, 0.15) is 28.4 Å². The average Bonchev–Trinajstić information content (AvgIpc) is 2.38. The van der Waals surface area contributed by atoms with E-state index >= 15 is 0 Å². The molecule has 17 heavy (non-hydrogen) atoms. The topological polar surface area (TPSA) is 56.9 Å². The zero-order valence-electron chi connectivity index (χ0n) is 9.46. The molecule has 0 spiro atoms. The Labute approximate surface area is 100.0 Å². The van der Waals surface area contributed by atoms with Gasteiger partial charge in [0.15, 0.2) is 0 Å². The Morgan fingerprint density at radius 3 is 2.47 bits per heavy atom. The van der Waals surface area contributed by atoms with Crippen molar-refractivity contribution in [3.63, 3.8) is 0 Å². The summed E-state index contributed by atoms with van der Waals surface area (Å²) in [6.07, 6.45) is 2.69. The molecule has 84 valence electrons. The maximum atomic E-state index is 10.2. The summed E-state index contributed by atoms with van der Waals surface area (Å²) in [6, 6.07) is 10.9. The standard InChI is InChI=1S/C14H12N2O/c1-10-6-13(9-16-8-10)14(17)12-4-2-11(7-15)3-5-12/h2-6,8-9,14,17H,1H3. The monoisotopic (exact) mass is 224 g/mol. The highest BCUT2D eigenvalue weighted by Gasteiger charge is 2.10. The predicted molar refractivity (Wildman–Crippen MR) is 64.2 cm³/mol. The van der Waals surface area contributed by atoms with Crippen molar-refractivity contribution >= 4 is 0 Å². The smallest absolute Gasteiger partial charge is 0.106 e. The van der Waals surface area contributed by atoms with Gasteiger partial charge in [-0.2, -0.15) is 5.26 Å². The maximum absolute atomic E-state index is 10.2. The number of nitrogens with zero attached hydrogens (tertiary/aromatic N) is 2. The number of benzene rings is 1. The Bertz CT molecular complexity index is 555. The predicted octanol–water partition coefficient (Wildman–Crippen LogP) is 2.34. The number of hydrogen-bond donors (Lipinski definition) is 1. The number of pyridine rings is 1. The third-order valence-electron chi connectivity index (χ3n) is 2.57. The summed E-state index contributed by atoms with van der Waals surface area (Å²) in [7, 11) is 0. The van der Waals surface area contributed by atoms with Crippen LogP contribution in [0, 0.1) is 18.3 Å². The van der Waals surface area contributed by atoms with E-state index < -0.39 is 6.10 Å². The van der Waals surface area contributed by atoms with E-state index in [1.165, 1.54) is 0 Å². The Kier molecular flexibility index (Phi) is 3.17. The highest BCUT2D eigenvalue weighted by Crippen LogP contribution is 2.21. The fraction of sp³-hybridized carbons (Fsp3) is 0.143. The normalized spacial score (nSPS) is 11.8. The molecule has 3 nitrogen and oxygen atoms in total. The molecule has 1 unspecified atom stereocenters. The molecule has 0 aliphatic heterocycles. The molecule has 1 heterocycles. The molecule has 0 aliphatic carbocycles. The summed E-state index contributed by atoms with van der Waals surface area (Å²) in [6.45, 7) is 1.93. The van der Waals surface area contributed by atoms with Gasteiger partial charge in [0.25, 0.3) is 0 Å². The summed E-state index contributed by atoms with van der Waals surface area (Å²) in [5.41, 5.74) is 3.12. The third kappa shape index (κ3) is 2.49. The Hall–Kier alpha value is -2.18. The number of aryl methyl sites for hydroxylation is 1. The van der Waals surface area contributed by atoms with Gasteiger partial charge in [0.1, 0.15) is 6.10 Å². The van der Waals surface area contributed by atoms with Crippen molar-refractivity contribution in [2.75, 3.05) is 0 Å². The molecule has 1 atom stereocenters. The summed E-state index contributed by atoms with van der Waals surface area (Å²) >= 11 is 0. The number of aliphatic hydroxyl groups is 1. The maximum Gasteiger partial charge on any atom is 0.106 e. The minimum Gasteiger partial charge on any atom is -0.384 e. The molecule has 0 saturated carbocycles. The van der Waals surface area contributed by atoms with Crippen molar-refractivity contribution in [1.29, 1.82) is 5.26 Å². The zero-order chi connectivity index (χ0) is 12.3. The molecule has 0 radical (unpaired) electrons. The fourth-order valence-corrected chi connectivity index (χ4v) is 1.66. The van der Waals surface area contributed by atoms with Crippen LogP contribution in [-0.4, -0.2) is 10.1 Å². The van der Waals surface area contributed by atoms with Crippen LogP contribution in [0.5, 0.6) is 0 Å². The molecule has 0 amide bonds. The molecule has 0 fully saturated rings. The molecular weight excluding hydrogens is 212 g/mol. The molecule has 1 N–H and O–H groups in total. The van der Waals surface area contributed by atoms with Gasteiger partial charge in [-0.15, -0.1) is 0 Å². The lowest BCUT2D eigenvalue weighted by molar-refractivity contribution is 0.220. The minimum atomic E-state index is -0.699. The van der Waals surface area contributed by atoms with Crippen LogP contribution in [-0.2, 0) is 0 Å². The van der Waals surface area contributed by atoms with E-state index in [0.29, 0.717) is 5.56 Å². The van der Waals surface area contributed by atoms with Crippen LogP contribution in [0.4, 0.5) is 0 Å². The second kappa shape index (κ2) is 4.77. The SMILES string of the molecule is Cc1cncc(C(O)c2ccc(C#N)cc2)c1. The van der Waals surface area contributed by atoms with Gasteiger partial charge in [-0.25, -0.2) is 0 Å². The Morgan fingerprint density at radius 2 is 1.88 bits per heavy atom. The van der Waals surface area contributed by atoms with Crippen molar-refractivity contribution in [2.24, 2.45) is 0 Å². The highest BCUT2D eigenvalue weighted by molar-refractivity contribution is 5.36. The zero-order valence-corrected chi connectivity index (χ0v) is 9.46. The van der Waals surface area contributed by atoms with Crippen LogP contribution < -0.4 is 0 Å². The number of aromatic nitrogens is 1. The lowest BCUT2D eigenvalue weighted by Crippen LogP contribution is -2.00. The number of aliphatic hydroxyl groups excluding tert-OH is 1. The number of nitriles is 1. The van der Waals surface area contributed by atoms with Crippen molar-refractivity contribution in [1.82, 2.24) is 4.98 Å². The minimum absolute atomic E-state index is 0.586. The Morgan fingerprint density at radius 1 is 1.18 bits per heavy atom. The fourth-order valence-electron chi connectivity index (χ4n) is 1.66. The second-order valence-electron chi connectivity index (χ2n) is 3.93. The molecule has 2 rings (SSSR count). The number of hydrogen-bond acceptors (Lipinski definition) is 3. The van der Waals surface area contributed by atoms with Crippen molar-refractivity contribution in [2.45, 2.75) is 13.0 Å². The summed E-state index contributed by atoms with van der Waals surface area (Å²) in [5, 5.41) is 18.9. The van der Waals surface area contributed by atoms with E-state index in [2.05, 4.69) is 4.98 Å². The number of rotatable bonds is 2. The van der Waals surface area contributed by atoms with Gasteiger partial charge in [0.2, 0.25) is 0 Å². The van der Waals surface area contributed by atoms with E-state index in [9.17, 15) is 5.11 Å². The van der Waals surface area contributed by atoms with Crippen molar-refractivity contribution in [3.05, 3.63) is 65.0 Å². The first kappa shape index (κ1) is 11.3. The lowest BCUT2D eigenvalue weighted by Gasteiger charge is -2.11. The molecular formula is C14H12N2O. The first-order valence-corrected chi connectivity index (χ1v) is 5.30. The van der Waals surface area contributed by atoms with Gasteiger partial charge in [-0.1, -0.05) is 18.2 Å². The first-order chi connectivity index (χ1) is 8.20. The van der Waals surface area contributed by atoms with E-state index in [-0.39, 0.29) is 0 Å². The van der Waals surface area contributed by atoms with Crippen molar-refractivity contribution in [3.8, 4) is 6.07 Å². The van der Waals surface area contributed by atoms with Gasteiger partial charge in [-0.3, -0.25) is 4.98 Å². The average molecular weight is 224 g/mol. The molecule has 3 heteroatoms.